The van der Waals surface area contributed by atoms with E-state index in [-0.39, 0.29) is 10.6 Å². The molecule has 0 unspecified atom stereocenters. The molecule has 7 heteroatoms. The van der Waals surface area contributed by atoms with E-state index >= 15 is 0 Å². The van der Waals surface area contributed by atoms with Crippen LogP contribution in [0.25, 0.3) is 11.1 Å². The van der Waals surface area contributed by atoms with Gasteiger partial charge in [0.15, 0.2) is 0 Å². The highest BCUT2D eigenvalue weighted by atomic mass is 32.1. The van der Waals surface area contributed by atoms with Gasteiger partial charge in [-0.25, -0.2) is 4.79 Å². The van der Waals surface area contributed by atoms with Gasteiger partial charge < -0.3 is 20.0 Å². The van der Waals surface area contributed by atoms with Crippen LogP contribution in [0.1, 0.15) is 21.5 Å². The lowest BCUT2D eigenvalue weighted by Gasteiger charge is -2.08. The summed E-state index contributed by atoms with van der Waals surface area (Å²) < 4.78 is 4.83. The largest absolute Gasteiger partial charge is 0.545 e. The molecule has 0 bridgehead atoms. The third kappa shape index (κ3) is 4.33. The first-order valence-corrected chi connectivity index (χ1v) is 8.19. The maximum Gasteiger partial charge on any atom is 0.341 e. The number of carbonyl (C=O) groups excluding carboxylic acids is 3. The number of aliphatic carboxylic acids is 1. The van der Waals surface area contributed by atoms with Gasteiger partial charge in [-0.1, -0.05) is 18.2 Å². The Kier molecular flexibility index (Phi) is 5.71. The van der Waals surface area contributed by atoms with Crippen molar-refractivity contribution in [1.82, 2.24) is 0 Å². The van der Waals surface area contributed by atoms with Crippen LogP contribution in [-0.2, 0) is 14.3 Å². The Morgan fingerprint density at radius 2 is 1.88 bits per heavy atom. The molecule has 1 amide bonds. The molecule has 1 N–H and O–H groups in total. The van der Waals surface area contributed by atoms with Crippen molar-refractivity contribution in [2.24, 2.45) is 0 Å². The second kappa shape index (κ2) is 7.76. The van der Waals surface area contributed by atoms with Crippen LogP contribution in [0.5, 0.6) is 0 Å². The lowest BCUT2D eigenvalue weighted by atomic mass is 9.99. The van der Waals surface area contributed by atoms with E-state index in [0.29, 0.717) is 11.6 Å². The fourth-order valence-electron chi connectivity index (χ4n) is 2.17. The Balaban J connectivity index is 2.44. The fraction of sp³-hybridized carbons (Fsp3) is 0.167. The zero-order valence-electron chi connectivity index (χ0n) is 13.9. The molecule has 0 saturated heterocycles. The normalized spacial score (nSPS) is 10.7. The first-order valence-electron chi connectivity index (χ1n) is 7.31. The molecule has 0 fully saturated rings. The van der Waals surface area contributed by atoms with Gasteiger partial charge in [0.05, 0.1) is 13.1 Å². The molecule has 1 aromatic heterocycles. The number of ether oxygens (including phenoxy) is 1. The monoisotopic (exact) mass is 358 g/mol. The van der Waals surface area contributed by atoms with Crippen molar-refractivity contribution in [2.75, 3.05) is 12.4 Å². The van der Waals surface area contributed by atoms with Crippen LogP contribution in [0.15, 0.2) is 35.7 Å². The van der Waals surface area contributed by atoms with Crippen LogP contribution in [0, 0.1) is 13.8 Å². The molecule has 0 aliphatic heterocycles. The number of anilines is 1. The zero-order chi connectivity index (χ0) is 18.6. The lowest BCUT2D eigenvalue weighted by Crippen LogP contribution is -2.20. The molecule has 25 heavy (non-hydrogen) atoms. The average molecular weight is 358 g/mol. The van der Waals surface area contributed by atoms with Crippen molar-refractivity contribution in [2.45, 2.75) is 13.8 Å². The number of thiophene rings is 1. The van der Waals surface area contributed by atoms with Crippen molar-refractivity contribution in [3.05, 3.63) is 52.4 Å². The molecule has 0 spiro atoms. The van der Waals surface area contributed by atoms with Crippen LogP contribution in [0.2, 0.25) is 0 Å². The van der Waals surface area contributed by atoms with Gasteiger partial charge >= 0.3 is 5.97 Å². The minimum Gasteiger partial charge on any atom is -0.545 e. The number of methoxy groups -OCH3 is 1. The Morgan fingerprint density at radius 1 is 1.16 bits per heavy atom. The van der Waals surface area contributed by atoms with Gasteiger partial charge in [0, 0.05) is 17.0 Å². The average Bonchev–Trinajstić information content (AvgIpc) is 2.98. The number of aryl methyl sites for hydroxylation is 2. The van der Waals surface area contributed by atoms with E-state index in [1.54, 1.807) is 5.38 Å². The SMILES string of the molecule is COC(=O)c1c(-c2ccc(C)c(C)c2)csc1NC(=O)/C=C/C(=O)[O-]. The molecule has 0 saturated carbocycles. The highest BCUT2D eigenvalue weighted by molar-refractivity contribution is 7.15. The number of carbonyl (C=O) groups is 3. The predicted octanol–water partition coefficient (Wildman–Crippen LogP) is 2.06. The number of nitrogens with one attached hydrogen (secondary N) is 1. The molecular formula is C18H16NO5S-. The third-order valence-corrected chi connectivity index (χ3v) is 4.50. The van der Waals surface area contributed by atoms with E-state index in [2.05, 4.69) is 5.32 Å². The summed E-state index contributed by atoms with van der Waals surface area (Å²) in [6.07, 6.45) is 1.44. The van der Waals surface area contributed by atoms with E-state index in [4.69, 9.17) is 4.74 Å². The minimum absolute atomic E-state index is 0.228. The third-order valence-electron chi connectivity index (χ3n) is 3.61. The Morgan fingerprint density at radius 3 is 2.48 bits per heavy atom. The van der Waals surface area contributed by atoms with Gasteiger partial charge in [-0.05, 0) is 36.6 Å². The Hall–Kier alpha value is -2.93. The second-order valence-corrected chi connectivity index (χ2v) is 6.17. The van der Waals surface area contributed by atoms with Crippen LogP contribution >= 0.6 is 11.3 Å². The van der Waals surface area contributed by atoms with Gasteiger partial charge in [-0.2, -0.15) is 0 Å². The van der Waals surface area contributed by atoms with Crippen molar-refractivity contribution in [3.63, 3.8) is 0 Å². The van der Waals surface area contributed by atoms with E-state index in [0.717, 1.165) is 34.1 Å². The molecule has 0 atom stereocenters. The van der Waals surface area contributed by atoms with E-state index in [9.17, 15) is 19.5 Å². The molecule has 1 aromatic carbocycles. The summed E-state index contributed by atoms with van der Waals surface area (Å²) in [7, 11) is 1.26. The maximum absolute atomic E-state index is 12.2. The molecule has 6 nitrogen and oxygen atoms in total. The molecule has 0 radical (unpaired) electrons. The number of hydrogen-bond donors (Lipinski definition) is 1. The van der Waals surface area contributed by atoms with E-state index < -0.39 is 17.8 Å². The first-order chi connectivity index (χ1) is 11.8. The summed E-state index contributed by atoms with van der Waals surface area (Å²) in [5.74, 6) is -2.75. The quantitative estimate of drug-likeness (QED) is 0.652. The summed E-state index contributed by atoms with van der Waals surface area (Å²) in [4.78, 5) is 34.4. The van der Waals surface area contributed by atoms with Gasteiger partial charge in [0.2, 0.25) is 5.91 Å². The fourth-order valence-corrected chi connectivity index (χ4v) is 3.13. The molecule has 1 heterocycles. The van der Waals surface area contributed by atoms with E-state index in [1.807, 2.05) is 32.0 Å². The number of amides is 1. The summed E-state index contributed by atoms with van der Waals surface area (Å²) in [6, 6.07) is 5.79. The summed E-state index contributed by atoms with van der Waals surface area (Å²) in [6.45, 7) is 3.96. The van der Waals surface area contributed by atoms with Gasteiger partial charge in [0.25, 0.3) is 0 Å². The number of rotatable bonds is 5. The van der Waals surface area contributed by atoms with E-state index in [1.165, 1.54) is 7.11 Å². The summed E-state index contributed by atoms with van der Waals surface area (Å²) >= 11 is 1.16. The van der Waals surface area contributed by atoms with Crippen LogP contribution in [0.3, 0.4) is 0 Å². The number of carboxylic acids is 1. The predicted molar refractivity (Wildman–Crippen MR) is 93.3 cm³/mol. The lowest BCUT2D eigenvalue weighted by molar-refractivity contribution is -0.297. The van der Waals surface area contributed by atoms with Crippen molar-refractivity contribution < 1.29 is 24.2 Å². The minimum atomic E-state index is -1.48. The van der Waals surface area contributed by atoms with Crippen LogP contribution in [0.4, 0.5) is 5.00 Å². The Labute approximate surface area is 148 Å². The summed E-state index contributed by atoms with van der Waals surface area (Å²) in [5, 5.41) is 14.9. The van der Waals surface area contributed by atoms with Crippen molar-refractivity contribution in [3.8, 4) is 11.1 Å². The topological polar surface area (TPSA) is 95.5 Å². The number of esters is 1. The van der Waals surface area contributed by atoms with Gasteiger partial charge in [-0.15, -0.1) is 11.3 Å². The smallest absolute Gasteiger partial charge is 0.341 e. The number of benzene rings is 1. The zero-order valence-corrected chi connectivity index (χ0v) is 14.7. The number of hydrogen-bond acceptors (Lipinski definition) is 6. The van der Waals surface area contributed by atoms with Crippen molar-refractivity contribution in [1.29, 1.82) is 0 Å². The first kappa shape index (κ1) is 18.4. The molecule has 2 aromatic rings. The summed E-state index contributed by atoms with van der Waals surface area (Å²) in [5.41, 5.74) is 3.89. The van der Waals surface area contributed by atoms with Gasteiger partial charge in [-0.3, -0.25) is 4.79 Å². The molecule has 0 aliphatic rings. The molecular weight excluding hydrogens is 342 g/mol. The molecule has 0 aliphatic carbocycles. The van der Waals surface area contributed by atoms with Crippen LogP contribution in [-0.4, -0.2) is 25.0 Å². The highest BCUT2D eigenvalue weighted by Gasteiger charge is 2.22. The maximum atomic E-state index is 12.2. The molecule has 2 rings (SSSR count). The highest BCUT2D eigenvalue weighted by Crippen LogP contribution is 2.36. The van der Waals surface area contributed by atoms with Crippen LogP contribution < -0.4 is 10.4 Å². The second-order valence-electron chi connectivity index (χ2n) is 5.29. The molecule has 130 valence electrons. The standard InChI is InChI=1S/C18H17NO5S/c1-10-4-5-12(8-11(10)2)13-9-25-17(16(13)18(23)24-3)19-14(20)6-7-15(21)22/h4-9H,1-3H3,(H,19,20)(H,21,22)/p-1/b7-6+. The van der Waals surface area contributed by atoms with Crippen molar-refractivity contribution >= 4 is 34.2 Å². The Bertz CT molecular complexity index is 866. The number of carboxylic acid groups (broad SMARTS) is 1. The van der Waals surface area contributed by atoms with Gasteiger partial charge in [0.1, 0.15) is 10.6 Å².